The highest BCUT2D eigenvalue weighted by Gasteiger charge is 2.61. The van der Waals surface area contributed by atoms with Crippen molar-refractivity contribution >= 4 is 5.78 Å². The fraction of sp³-hybridized carbons (Fsp3) is 0.278. The summed E-state index contributed by atoms with van der Waals surface area (Å²) in [6, 6.07) is 20.0. The largest absolute Gasteiger partial charge is 0.294 e. The molecule has 0 radical (unpaired) electrons. The van der Waals surface area contributed by atoms with E-state index in [9.17, 15) is 4.79 Å². The summed E-state index contributed by atoms with van der Waals surface area (Å²) in [6.07, 6.45) is 0. The molecule has 96 valence electrons. The van der Waals surface area contributed by atoms with Gasteiger partial charge in [0.2, 0.25) is 0 Å². The Kier molecular flexibility index (Phi) is 2.78. The minimum atomic E-state index is 0.0638. The summed E-state index contributed by atoms with van der Waals surface area (Å²) in [5.74, 6) is 0.734. The Bertz CT molecular complexity index is 584. The van der Waals surface area contributed by atoms with Crippen LogP contribution in [-0.2, 0) is 0 Å². The summed E-state index contributed by atoms with van der Waals surface area (Å²) in [6.45, 7) is 4.38. The van der Waals surface area contributed by atoms with Crippen LogP contribution in [0.1, 0.15) is 35.7 Å². The maximum absolute atomic E-state index is 12.6. The number of hydrogen-bond acceptors (Lipinski definition) is 1. The fourth-order valence-electron chi connectivity index (χ4n) is 3.19. The lowest BCUT2D eigenvalue weighted by Gasteiger charge is -2.01. The molecule has 3 rings (SSSR count). The molecule has 1 saturated carbocycles. The quantitative estimate of drug-likeness (QED) is 0.742. The Labute approximate surface area is 114 Å². The average Bonchev–Trinajstić information content (AvgIpc) is 3.02. The van der Waals surface area contributed by atoms with Gasteiger partial charge in [-0.1, -0.05) is 74.5 Å². The number of carbonyl (C=O) groups is 1. The van der Waals surface area contributed by atoms with Crippen molar-refractivity contribution in [2.75, 3.05) is 0 Å². The molecule has 0 saturated heterocycles. The van der Waals surface area contributed by atoms with E-state index in [2.05, 4.69) is 26.0 Å². The molecule has 0 heterocycles. The van der Waals surface area contributed by atoms with Crippen molar-refractivity contribution in [2.45, 2.75) is 19.8 Å². The molecule has 1 aliphatic rings. The minimum Gasteiger partial charge on any atom is -0.294 e. The van der Waals surface area contributed by atoms with Gasteiger partial charge in [-0.05, 0) is 11.0 Å². The van der Waals surface area contributed by atoms with E-state index >= 15 is 0 Å². The van der Waals surface area contributed by atoms with Crippen molar-refractivity contribution in [1.82, 2.24) is 0 Å². The van der Waals surface area contributed by atoms with Crippen LogP contribution in [0, 0.1) is 11.3 Å². The lowest BCUT2D eigenvalue weighted by molar-refractivity contribution is 0.0952. The zero-order chi connectivity index (χ0) is 13.5. The standard InChI is InChI=1S/C18H18O/c1-18(2)15(13-9-5-3-6-10-13)16(18)17(19)14-11-7-4-8-12-14/h3-12,15-16H,1-2H3/t15-,16+/m1/s1. The van der Waals surface area contributed by atoms with Gasteiger partial charge in [0.1, 0.15) is 0 Å². The molecule has 0 bridgehead atoms. The van der Waals surface area contributed by atoms with E-state index in [1.165, 1.54) is 5.56 Å². The van der Waals surface area contributed by atoms with Crippen LogP contribution in [0.5, 0.6) is 0 Å². The Morgan fingerprint density at radius 1 is 0.895 bits per heavy atom. The van der Waals surface area contributed by atoms with Crippen molar-refractivity contribution in [3.05, 3.63) is 71.8 Å². The average molecular weight is 250 g/mol. The molecule has 1 fully saturated rings. The number of hydrogen-bond donors (Lipinski definition) is 0. The van der Waals surface area contributed by atoms with Crippen LogP contribution in [-0.4, -0.2) is 5.78 Å². The Morgan fingerprint density at radius 3 is 2.00 bits per heavy atom. The van der Waals surface area contributed by atoms with E-state index in [4.69, 9.17) is 0 Å². The van der Waals surface area contributed by atoms with Gasteiger partial charge in [0.05, 0.1) is 0 Å². The maximum Gasteiger partial charge on any atom is 0.167 e. The molecule has 1 aliphatic carbocycles. The highest BCUT2D eigenvalue weighted by Crippen LogP contribution is 2.65. The third kappa shape index (κ3) is 1.99. The lowest BCUT2D eigenvalue weighted by atomic mass is 10.0. The molecule has 0 aromatic heterocycles. The van der Waals surface area contributed by atoms with E-state index in [-0.39, 0.29) is 17.1 Å². The number of rotatable bonds is 3. The van der Waals surface area contributed by atoms with Gasteiger partial charge in [0, 0.05) is 17.4 Å². The van der Waals surface area contributed by atoms with Gasteiger partial charge in [0.25, 0.3) is 0 Å². The molecule has 2 atom stereocenters. The Balaban J connectivity index is 1.89. The summed E-state index contributed by atoms with van der Waals surface area (Å²) < 4.78 is 0. The molecule has 19 heavy (non-hydrogen) atoms. The molecule has 0 N–H and O–H groups in total. The minimum absolute atomic E-state index is 0.0638. The van der Waals surface area contributed by atoms with Crippen molar-refractivity contribution in [1.29, 1.82) is 0 Å². The van der Waals surface area contributed by atoms with E-state index < -0.39 is 0 Å². The second kappa shape index (κ2) is 4.34. The van der Waals surface area contributed by atoms with Crippen molar-refractivity contribution in [2.24, 2.45) is 11.3 Å². The predicted octanol–water partition coefficient (Wildman–Crippen LogP) is 4.31. The second-order valence-electron chi connectivity index (χ2n) is 5.92. The van der Waals surface area contributed by atoms with Crippen LogP contribution >= 0.6 is 0 Å². The number of Topliss-reactive ketones (excluding diaryl/α,β-unsaturated/α-hetero) is 1. The van der Waals surface area contributed by atoms with Gasteiger partial charge < -0.3 is 0 Å². The smallest absolute Gasteiger partial charge is 0.167 e. The van der Waals surface area contributed by atoms with Crippen LogP contribution in [0.25, 0.3) is 0 Å². The van der Waals surface area contributed by atoms with Crippen molar-refractivity contribution in [3.8, 4) is 0 Å². The normalized spacial score (nSPS) is 23.9. The van der Waals surface area contributed by atoms with Crippen molar-refractivity contribution < 1.29 is 4.79 Å². The van der Waals surface area contributed by atoms with Crippen LogP contribution in [0.3, 0.4) is 0 Å². The zero-order valence-electron chi connectivity index (χ0n) is 11.3. The van der Waals surface area contributed by atoms with Crippen LogP contribution in [0.2, 0.25) is 0 Å². The van der Waals surface area contributed by atoms with E-state index in [0.717, 1.165) is 5.56 Å². The molecule has 1 heteroatoms. The first kappa shape index (κ1) is 12.2. The first-order valence-corrected chi connectivity index (χ1v) is 6.76. The molecular formula is C18H18O. The summed E-state index contributed by atoms with van der Waals surface area (Å²) in [7, 11) is 0. The topological polar surface area (TPSA) is 17.1 Å². The highest BCUT2D eigenvalue weighted by molar-refractivity contribution is 6.01. The van der Waals surface area contributed by atoms with E-state index in [1.54, 1.807) is 0 Å². The van der Waals surface area contributed by atoms with Gasteiger partial charge in [-0.2, -0.15) is 0 Å². The molecule has 0 unspecified atom stereocenters. The molecule has 0 amide bonds. The van der Waals surface area contributed by atoms with Crippen molar-refractivity contribution in [3.63, 3.8) is 0 Å². The number of ketones is 1. The molecule has 0 spiro atoms. The zero-order valence-corrected chi connectivity index (χ0v) is 11.3. The summed E-state index contributed by atoms with van der Waals surface area (Å²) in [5, 5.41) is 0. The Hall–Kier alpha value is -1.89. The molecule has 0 aliphatic heterocycles. The van der Waals surface area contributed by atoms with Gasteiger partial charge >= 0.3 is 0 Å². The lowest BCUT2D eigenvalue weighted by Crippen LogP contribution is -2.06. The Morgan fingerprint density at radius 2 is 1.42 bits per heavy atom. The van der Waals surface area contributed by atoms with E-state index in [1.807, 2.05) is 48.5 Å². The number of carbonyl (C=O) groups excluding carboxylic acids is 1. The van der Waals surface area contributed by atoms with Crippen LogP contribution < -0.4 is 0 Å². The van der Waals surface area contributed by atoms with Gasteiger partial charge in [-0.25, -0.2) is 0 Å². The molecule has 2 aromatic carbocycles. The summed E-state index contributed by atoms with van der Waals surface area (Å²) in [5.41, 5.74) is 2.18. The monoisotopic (exact) mass is 250 g/mol. The van der Waals surface area contributed by atoms with Crippen LogP contribution in [0.15, 0.2) is 60.7 Å². The molecule has 2 aromatic rings. The van der Waals surface area contributed by atoms with Gasteiger partial charge in [-0.15, -0.1) is 0 Å². The molecule has 1 nitrogen and oxygen atoms in total. The maximum atomic E-state index is 12.6. The third-order valence-corrected chi connectivity index (χ3v) is 4.33. The number of benzene rings is 2. The molecular weight excluding hydrogens is 232 g/mol. The first-order chi connectivity index (χ1) is 9.12. The summed E-state index contributed by atoms with van der Waals surface area (Å²) in [4.78, 5) is 12.6. The summed E-state index contributed by atoms with van der Waals surface area (Å²) >= 11 is 0. The third-order valence-electron chi connectivity index (χ3n) is 4.33. The van der Waals surface area contributed by atoms with E-state index in [0.29, 0.717) is 5.92 Å². The second-order valence-corrected chi connectivity index (χ2v) is 5.92. The SMILES string of the molecule is CC1(C)[C@H](C(=O)c2ccccc2)[C@H]1c1ccccc1. The first-order valence-electron chi connectivity index (χ1n) is 6.76. The van der Waals surface area contributed by atoms with Crippen LogP contribution in [0.4, 0.5) is 0 Å². The van der Waals surface area contributed by atoms with Gasteiger partial charge in [0.15, 0.2) is 5.78 Å². The predicted molar refractivity (Wildman–Crippen MR) is 77.2 cm³/mol. The highest BCUT2D eigenvalue weighted by atomic mass is 16.1. The van der Waals surface area contributed by atoms with Gasteiger partial charge in [-0.3, -0.25) is 4.79 Å². The fourth-order valence-corrected chi connectivity index (χ4v) is 3.19.